The molecule has 0 fully saturated rings. The van der Waals surface area contributed by atoms with Crippen LogP contribution in [0.3, 0.4) is 0 Å². The van der Waals surface area contributed by atoms with Crippen LogP contribution in [-0.4, -0.2) is 17.7 Å². The highest BCUT2D eigenvalue weighted by Gasteiger charge is 1.99. The summed E-state index contributed by atoms with van der Waals surface area (Å²) in [4.78, 5) is 10.1. The molecule has 80 valence electrons. The summed E-state index contributed by atoms with van der Waals surface area (Å²) in [7, 11) is 0. The normalized spacial score (nSPS) is 10.5. The number of carbonyl (C=O) groups is 1. The number of ether oxygens (including phenoxy) is 1. The van der Waals surface area contributed by atoms with Gasteiger partial charge in [0.15, 0.2) is 0 Å². The standard InChI is InChI=1S/C10H8Cl2O3/c11-8-4-3-7(6-9(8)12)15-5-1-2-10(13)14/h1-4,6H,5H2,(H,13,14). The molecule has 0 aliphatic rings. The van der Waals surface area contributed by atoms with Crippen molar-refractivity contribution in [1.82, 2.24) is 0 Å². The smallest absolute Gasteiger partial charge is 0.328 e. The third kappa shape index (κ3) is 4.23. The number of carboxylic acid groups (broad SMARTS) is 1. The van der Waals surface area contributed by atoms with Gasteiger partial charge >= 0.3 is 5.97 Å². The molecule has 1 aromatic rings. The van der Waals surface area contributed by atoms with Crippen LogP contribution in [0.15, 0.2) is 30.4 Å². The van der Waals surface area contributed by atoms with E-state index in [-0.39, 0.29) is 6.61 Å². The fourth-order valence-electron chi connectivity index (χ4n) is 0.860. The van der Waals surface area contributed by atoms with Gasteiger partial charge in [0.25, 0.3) is 0 Å². The number of hydrogen-bond donors (Lipinski definition) is 1. The molecule has 15 heavy (non-hydrogen) atoms. The van der Waals surface area contributed by atoms with Crippen LogP contribution in [0.5, 0.6) is 5.75 Å². The van der Waals surface area contributed by atoms with Crippen molar-refractivity contribution in [2.24, 2.45) is 0 Å². The molecule has 5 heteroatoms. The molecule has 0 spiro atoms. The summed E-state index contributed by atoms with van der Waals surface area (Å²) in [6.45, 7) is 0.171. The molecule has 0 radical (unpaired) electrons. The van der Waals surface area contributed by atoms with Crippen molar-refractivity contribution in [3.05, 3.63) is 40.4 Å². The van der Waals surface area contributed by atoms with Crippen molar-refractivity contribution >= 4 is 29.2 Å². The Morgan fingerprint density at radius 3 is 2.73 bits per heavy atom. The number of benzene rings is 1. The van der Waals surface area contributed by atoms with Gasteiger partial charge in [0.2, 0.25) is 0 Å². The molecular weight excluding hydrogens is 239 g/mol. The van der Waals surface area contributed by atoms with Gasteiger partial charge in [-0.25, -0.2) is 4.79 Å². The van der Waals surface area contributed by atoms with Gasteiger partial charge < -0.3 is 9.84 Å². The molecule has 1 N–H and O–H groups in total. The molecular formula is C10H8Cl2O3. The van der Waals surface area contributed by atoms with Crippen LogP contribution in [0.1, 0.15) is 0 Å². The van der Waals surface area contributed by atoms with Crippen molar-refractivity contribution in [2.75, 3.05) is 6.61 Å². The molecule has 0 bridgehead atoms. The van der Waals surface area contributed by atoms with E-state index in [2.05, 4.69) is 0 Å². The third-order valence-corrected chi connectivity index (χ3v) is 2.24. The van der Waals surface area contributed by atoms with Gasteiger partial charge in [-0.1, -0.05) is 23.2 Å². The zero-order chi connectivity index (χ0) is 11.3. The molecule has 0 atom stereocenters. The fraction of sp³-hybridized carbons (Fsp3) is 0.100. The fourth-order valence-corrected chi connectivity index (χ4v) is 1.15. The average molecular weight is 247 g/mol. The Bertz CT molecular complexity index is 388. The molecule has 0 heterocycles. The maximum absolute atomic E-state index is 10.1. The summed E-state index contributed by atoms with van der Waals surface area (Å²) < 4.78 is 5.20. The first kappa shape index (κ1) is 11.9. The lowest BCUT2D eigenvalue weighted by Gasteiger charge is -2.03. The lowest BCUT2D eigenvalue weighted by atomic mass is 10.3. The van der Waals surface area contributed by atoms with E-state index in [1.54, 1.807) is 18.2 Å². The number of carboxylic acids is 1. The molecule has 0 unspecified atom stereocenters. The molecule has 3 nitrogen and oxygen atoms in total. The topological polar surface area (TPSA) is 46.5 Å². The second-order valence-corrected chi connectivity index (χ2v) is 3.44. The van der Waals surface area contributed by atoms with E-state index in [9.17, 15) is 4.79 Å². The van der Waals surface area contributed by atoms with Crippen LogP contribution in [0.2, 0.25) is 10.0 Å². The van der Waals surface area contributed by atoms with Crippen LogP contribution in [0.25, 0.3) is 0 Å². The van der Waals surface area contributed by atoms with Gasteiger partial charge in [0.05, 0.1) is 10.0 Å². The second-order valence-electron chi connectivity index (χ2n) is 2.63. The highest BCUT2D eigenvalue weighted by atomic mass is 35.5. The summed E-state index contributed by atoms with van der Waals surface area (Å²) in [6, 6.07) is 4.83. The van der Waals surface area contributed by atoms with Crippen LogP contribution >= 0.6 is 23.2 Å². The Labute approximate surface area is 96.9 Å². The Kier molecular flexibility index (Phi) is 4.46. The van der Waals surface area contributed by atoms with Crippen LogP contribution < -0.4 is 4.74 Å². The van der Waals surface area contributed by atoms with Gasteiger partial charge in [-0.3, -0.25) is 0 Å². The molecule has 0 aromatic heterocycles. The van der Waals surface area contributed by atoms with Crippen LogP contribution in [-0.2, 0) is 4.79 Å². The third-order valence-electron chi connectivity index (χ3n) is 1.50. The highest BCUT2D eigenvalue weighted by molar-refractivity contribution is 6.42. The summed E-state index contributed by atoms with van der Waals surface area (Å²) in [5, 5.41) is 9.16. The number of rotatable bonds is 4. The van der Waals surface area contributed by atoms with E-state index in [0.29, 0.717) is 15.8 Å². The van der Waals surface area contributed by atoms with E-state index in [0.717, 1.165) is 6.08 Å². The van der Waals surface area contributed by atoms with E-state index >= 15 is 0 Å². The van der Waals surface area contributed by atoms with E-state index in [4.69, 9.17) is 33.0 Å². The van der Waals surface area contributed by atoms with Gasteiger partial charge in [-0.15, -0.1) is 0 Å². The number of hydrogen-bond acceptors (Lipinski definition) is 2. The van der Waals surface area contributed by atoms with Crippen molar-refractivity contribution in [3.8, 4) is 5.75 Å². The summed E-state index contributed by atoms with van der Waals surface area (Å²) in [5.74, 6) is -0.466. The molecule has 0 saturated carbocycles. The summed E-state index contributed by atoms with van der Waals surface area (Å²) in [6.07, 6.45) is 2.41. The lowest BCUT2D eigenvalue weighted by molar-refractivity contribution is -0.131. The van der Waals surface area contributed by atoms with Gasteiger partial charge in [0, 0.05) is 12.1 Å². The number of aliphatic carboxylic acids is 1. The molecule has 0 aliphatic heterocycles. The first-order valence-corrected chi connectivity index (χ1v) is 4.82. The van der Waals surface area contributed by atoms with Crippen molar-refractivity contribution < 1.29 is 14.6 Å². The second kappa shape index (κ2) is 5.63. The quantitative estimate of drug-likeness (QED) is 0.832. The Hall–Kier alpha value is -1.19. The van der Waals surface area contributed by atoms with Crippen molar-refractivity contribution in [2.45, 2.75) is 0 Å². The lowest BCUT2D eigenvalue weighted by Crippen LogP contribution is -1.95. The van der Waals surface area contributed by atoms with E-state index < -0.39 is 5.97 Å². The summed E-state index contributed by atoms with van der Waals surface area (Å²) in [5.41, 5.74) is 0. The Balaban J connectivity index is 2.51. The first-order chi connectivity index (χ1) is 7.09. The minimum atomic E-state index is -1.01. The van der Waals surface area contributed by atoms with Crippen LogP contribution in [0.4, 0.5) is 0 Å². The van der Waals surface area contributed by atoms with Crippen molar-refractivity contribution in [1.29, 1.82) is 0 Å². The van der Waals surface area contributed by atoms with Gasteiger partial charge in [0.1, 0.15) is 12.4 Å². The molecule has 0 aliphatic carbocycles. The molecule has 0 saturated heterocycles. The maximum Gasteiger partial charge on any atom is 0.328 e. The highest BCUT2D eigenvalue weighted by Crippen LogP contribution is 2.26. The molecule has 1 aromatic carbocycles. The Morgan fingerprint density at radius 1 is 1.40 bits per heavy atom. The zero-order valence-corrected chi connectivity index (χ0v) is 9.13. The zero-order valence-electron chi connectivity index (χ0n) is 7.61. The first-order valence-electron chi connectivity index (χ1n) is 4.07. The van der Waals surface area contributed by atoms with Crippen LogP contribution in [0, 0.1) is 0 Å². The van der Waals surface area contributed by atoms with E-state index in [1.807, 2.05) is 0 Å². The largest absolute Gasteiger partial charge is 0.489 e. The number of halogens is 2. The predicted molar refractivity (Wildman–Crippen MR) is 58.7 cm³/mol. The van der Waals surface area contributed by atoms with E-state index in [1.165, 1.54) is 6.08 Å². The average Bonchev–Trinajstić information content (AvgIpc) is 2.18. The maximum atomic E-state index is 10.1. The minimum absolute atomic E-state index is 0.171. The SMILES string of the molecule is O=C(O)C=CCOc1ccc(Cl)c(Cl)c1. The predicted octanol–water partition coefficient (Wildman–Crippen LogP) is 3.01. The molecule has 1 rings (SSSR count). The monoisotopic (exact) mass is 246 g/mol. The Morgan fingerprint density at radius 2 is 2.13 bits per heavy atom. The van der Waals surface area contributed by atoms with Crippen molar-refractivity contribution in [3.63, 3.8) is 0 Å². The minimum Gasteiger partial charge on any atom is -0.489 e. The van der Waals surface area contributed by atoms with Gasteiger partial charge in [-0.05, 0) is 18.2 Å². The van der Waals surface area contributed by atoms with Gasteiger partial charge in [-0.2, -0.15) is 0 Å². The summed E-state index contributed by atoms with van der Waals surface area (Å²) >= 11 is 11.5. The molecule has 0 amide bonds.